The Morgan fingerprint density at radius 3 is 2.79 bits per heavy atom. The van der Waals surface area contributed by atoms with Gasteiger partial charge in [-0.25, -0.2) is 14.6 Å². The highest BCUT2D eigenvalue weighted by Gasteiger charge is 2.25. The van der Waals surface area contributed by atoms with E-state index in [0.717, 1.165) is 30.8 Å². The van der Waals surface area contributed by atoms with Crippen molar-refractivity contribution in [2.24, 2.45) is 0 Å². The molecule has 0 aliphatic carbocycles. The summed E-state index contributed by atoms with van der Waals surface area (Å²) in [6.45, 7) is 1.76. The molecule has 2 heterocycles. The maximum absolute atomic E-state index is 12.4. The summed E-state index contributed by atoms with van der Waals surface area (Å²) in [5.41, 5.74) is 1.11. The Bertz CT molecular complexity index is 697. The first-order chi connectivity index (χ1) is 11.6. The summed E-state index contributed by atoms with van der Waals surface area (Å²) in [7, 11) is 0. The fourth-order valence-corrected chi connectivity index (χ4v) is 2.94. The van der Waals surface area contributed by atoms with E-state index in [1.165, 1.54) is 12.1 Å². The highest BCUT2D eigenvalue weighted by atomic mass is 16.4. The molecule has 1 fully saturated rings. The summed E-state index contributed by atoms with van der Waals surface area (Å²) in [4.78, 5) is 32.4. The third-order valence-corrected chi connectivity index (χ3v) is 4.26. The Kier molecular flexibility index (Phi) is 4.79. The van der Waals surface area contributed by atoms with Gasteiger partial charge in [-0.1, -0.05) is 12.1 Å². The van der Waals surface area contributed by atoms with E-state index in [1.54, 1.807) is 24.5 Å². The second-order valence-corrected chi connectivity index (χ2v) is 5.92. The molecule has 0 spiro atoms. The minimum Gasteiger partial charge on any atom is -0.478 e. The molecule has 0 saturated carbocycles. The largest absolute Gasteiger partial charge is 0.478 e. The van der Waals surface area contributed by atoms with Crippen LogP contribution in [0.4, 0.5) is 4.79 Å². The number of carboxylic acids is 1. The number of aromatic amines is 1. The number of carboxylic acid groups (broad SMARTS) is 1. The van der Waals surface area contributed by atoms with Crippen LogP contribution in [0.15, 0.2) is 36.7 Å². The molecular weight excluding hydrogens is 308 g/mol. The van der Waals surface area contributed by atoms with Crippen LogP contribution in [-0.4, -0.2) is 45.1 Å². The van der Waals surface area contributed by atoms with Gasteiger partial charge < -0.3 is 20.3 Å². The summed E-state index contributed by atoms with van der Waals surface area (Å²) >= 11 is 0. The zero-order valence-electron chi connectivity index (χ0n) is 13.2. The Hall–Kier alpha value is -2.83. The average molecular weight is 328 g/mol. The van der Waals surface area contributed by atoms with Gasteiger partial charge in [0.25, 0.3) is 0 Å². The number of imidazole rings is 1. The van der Waals surface area contributed by atoms with Crippen molar-refractivity contribution in [1.29, 1.82) is 0 Å². The number of aromatic carboxylic acids is 1. The molecule has 2 amide bonds. The average Bonchev–Trinajstić information content (AvgIpc) is 3.15. The number of benzene rings is 1. The van der Waals surface area contributed by atoms with Crippen LogP contribution in [0.3, 0.4) is 0 Å². The lowest BCUT2D eigenvalue weighted by atomic mass is 9.98. The van der Waals surface area contributed by atoms with Crippen LogP contribution in [0.1, 0.15) is 40.5 Å². The lowest BCUT2D eigenvalue weighted by molar-refractivity contribution is 0.0697. The summed E-state index contributed by atoms with van der Waals surface area (Å²) in [6.07, 6.45) is 5.50. The normalized spacial score (nSPS) is 17.5. The number of H-pyrrole nitrogens is 1. The maximum atomic E-state index is 12.4. The molecule has 3 rings (SSSR count). The van der Waals surface area contributed by atoms with Crippen LogP contribution in [0.5, 0.6) is 0 Å². The van der Waals surface area contributed by atoms with Gasteiger partial charge in [0, 0.05) is 37.9 Å². The van der Waals surface area contributed by atoms with Crippen molar-refractivity contribution < 1.29 is 14.7 Å². The molecule has 2 aromatic rings. The van der Waals surface area contributed by atoms with Gasteiger partial charge in [-0.15, -0.1) is 0 Å². The van der Waals surface area contributed by atoms with Gasteiger partial charge in [0.1, 0.15) is 5.82 Å². The van der Waals surface area contributed by atoms with E-state index < -0.39 is 5.97 Å². The standard InChI is InChI=1S/C17H20N4O3/c22-16(23)13-5-3-12(4-6-13)10-20-17(24)21-9-1-2-14(11-21)15-18-7-8-19-15/h3-8,14H,1-2,9-11H2,(H,18,19)(H,20,24)(H,22,23). The van der Waals surface area contributed by atoms with Crippen molar-refractivity contribution >= 4 is 12.0 Å². The van der Waals surface area contributed by atoms with Crippen molar-refractivity contribution in [2.45, 2.75) is 25.3 Å². The number of aromatic nitrogens is 2. The van der Waals surface area contributed by atoms with E-state index in [0.29, 0.717) is 13.1 Å². The monoisotopic (exact) mass is 328 g/mol. The Balaban J connectivity index is 1.53. The second kappa shape index (κ2) is 7.16. The summed E-state index contributed by atoms with van der Waals surface area (Å²) < 4.78 is 0. The molecule has 1 aromatic carbocycles. The van der Waals surface area contributed by atoms with E-state index in [9.17, 15) is 9.59 Å². The molecule has 1 aliphatic heterocycles. The number of rotatable bonds is 4. The summed E-state index contributed by atoms with van der Waals surface area (Å²) in [5, 5.41) is 11.8. The molecule has 0 bridgehead atoms. The maximum Gasteiger partial charge on any atom is 0.335 e. The molecular formula is C17H20N4O3. The first kappa shape index (κ1) is 16.0. The number of carbonyl (C=O) groups is 2. The van der Waals surface area contributed by atoms with E-state index in [1.807, 2.05) is 4.90 Å². The predicted molar refractivity (Wildman–Crippen MR) is 87.8 cm³/mol. The van der Waals surface area contributed by atoms with Crippen molar-refractivity contribution in [3.05, 3.63) is 53.6 Å². The predicted octanol–water partition coefficient (Wildman–Crippen LogP) is 2.20. The van der Waals surface area contributed by atoms with E-state index in [-0.39, 0.29) is 17.5 Å². The summed E-state index contributed by atoms with van der Waals surface area (Å²) in [5.74, 6) is 0.217. The summed E-state index contributed by atoms with van der Waals surface area (Å²) in [6, 6.07) is 6.40. The van der Waals surface area contributed by atoms with Gasteiger partial charge in [-0.05, 0) is 30.5 Å². The van der Waals surface area contributed by atoms with Gasteiger partial charge in [-0.2, -0.15) is 0 Å². The number of nitrogens with one attached hydrogen (secondary N) is 2. The molecule has 3 N–H and O–H groups in total. The minimum absolute atomic E-state index is 0.103. The highest BCUT2D eigenvalue weighted by molar-refractivity contribution is 5.87. The fourth-order valence-electron chi connectivity index (χ4n) is 2.94. The van der Waals surface area contributed by atoms with E-state index >= 15 is 0 Å². The highest BCUT2D eigenvalue weighted by Crippen LogP contribution is 2.24. The van der Waals surface area contributed by atoms with Crippen molar-refractivity contribution in [3.8, 4) is 0 Å². The van der Waals surface area contributed by atoms with Gasteiger partial charge >= 0.3 is 12.0 Å². The zero-order chi connectivity index (χ0) is 16.9. The van der Waals surface area contributed by atoms with Crippen molar-refractivity contribution in [1.82, 2.24) is 20.2 Å². The number of carbonyl (C=O) groups excluding carboxylic acids is 1. The SMILES string of the molecule is O=C(O)c1ccc(CNC(=O)N2CCCC(c3ncc[nH]3)C2)cc1. The number of amides is 2. The van der Waals surface area contributed by atoms with E-state index in [2.05, 4.69) is 15.3 Å². The third-order valence-electron chi connectivity index (χ3n) is 4.26. The van der Waals surface area contributed by atoms with E-state index in [4.69, 9.17) is 5.11 Å². The van der Waals surface area contributed by atoms with Crippen LogP contribution in [0.2, 0.25) is 0 Å². The number of nitrogens with zero attached hydrogens (tertiary/aromatic N) is 2. The van der Waals surface area contributed by atoms with Crippen molar-refractivity contribution in [2.75, 3.05) is 13.1 Å². The molecule has 1 saturated heterocycles. The number of hydrogen-bond donors (Lipinski definition) is 3. The van der Waals surface area contributed by atoms with Crippen LogP contribution >= 0.6 is 0 Å². The molecule has 7 heteroatoms. The number of piperidine rings is 1. The minimum atomic E-state index is -0.956. The Morgan fingerprint density at radius 2 is 2.12 bits per heavy atom. The van der Waals surface area contributed by atoms with Gasteiger partial charge in [-0.3, -0.25) is 0 Å². The quantitative estimate of drug-likeness (QED) is 0.801. The Labute approximate surface area is 139 Å². The fraction of sp³-hybridized carbons (Fsp3) is 0.353. The van der Waals surface area contributed by atoms with Crippen molar-refractivity contribution in [3.63, 3.8) is 0 Å². The van der Waals surface area contributed by atoms with Crippen LogP contribution in [0, 0.1) is 0 Å². The number of urea groups is 1. The first-order valence-electron chi connectivity index (χ1n) is 7.98. The van der Waals surface area contributed by atoms with Crippen LogP contribution in [0.25, 0.3) is 0 Å². The lowest BCUT2D eigenvalue weighted by Gasteiger charge is -2.31. The Morgan fingerprint density at radius 1 is 1.33 bits per heavy atom. The second-order valence-electron chi connectivity index (χ2n) is 5.92. The van der Waals surface area contributed by atoms with Crippen LogP contribution in [-0.2, 0) is 6.54 Å². The molecule has 126 valence electrons. The smallest absolute Gasteiger partial charge is 0.335 e. The van der Waals surface area contributed by atoms with Gasteiger partial charge in [0.15, 0.2) is 0 Å². The molecule has 0 radical (unpaired) electrons. The molecule has 1 atom stereocenters. The number of hydrogen-bond acceptors (Lipinski definition) is 3. The zero-order valence-corrected chi connectivity index (χ0v) is 13.2. The molecule has 1 aliphatic rings. The number of likely N-dealkylation sites (tertiary alicyclic amines) is 1. The van der Waals surface area contributed by atoms with Gasteiger partial charge in [0.05, 0.1) is 5.56 Å². The molecule has 1 aromatic heterocycles. The van der Waals surface area contributed by atoms with Crippen LogP contribution < -0.4 is 5.32 Å². The first-order valence-corrected chi connectivity index (χ1v) is 7.98. The molecule has 1 unspecified atom stereocenters. The lowest BCUT2D eigenvalue weighted by Crippen LogP contribution is -2.44. The molecule has 24 heavy (non-hydrogen) atoms. The van der Waals surface area contributed by atoms with Gasteiger partial charge in [0.2, 0.25) is 0 Å². The third kappa shape index (κ3) is 3.73. The topological polar surface area (TPSA) is 98.3 Å². The molecule has 7 nitrogen and oxygen atoms in total.